The molecule has 0 aliphatic heterocycles. The van der Waals surface area contributed by atoms with Crippen LogP contribution in [0.5, 0.6) is 0 Å². The van der Waals surface area contributed by atoms with Gasteiger partial charge in [-0.1, -0.05) is 0 Å². The lowest BCUT2D eigenvalue weighted by molar-refractivity contribution is -0.384. The number of hydrogen-bond acceptors (Lipinski definition) is 8. The number of hydrogen-bond donors (Lipinski definition) is 0. The summed E-state index contributed by atoms with van der Waals surface area (Å²) in [5.41, 5.74) is 1.10. The molecule has 0 aliphatic rings. The number of carbonyl (C=O) groups is 3. The van der Waals surface area contributed by atoms with Gasteiger partial charge in [-0.15, -0.1) is 0 Å². The van der Waals surface area contributed by atoms with Gasteiger partial charge in [0.25, 0.3) is 5.69 Å². The molecule has 10 nitrogen and oxygen atoms in total. The maximum Gasteiger partial charge on any atom is 0.338 e. The molecule has 0 saturated heterocycles. The van der Waals surface area contributed by atoms with E-state index in [4.69, 9.17) is 9.47 Å². The van der Waals surface area contributed by atoms with Crippen molar-refractivity contribution in [3.05, 3.63) is 62.5 Å². The number of carbonyl (C=O) groups excluding carboxylic acids is 3. The molecule has 30 heavy (non-hydrogen) atoms. The molecule has 0 amide bonds. The zero-order chi connectivity index (χ0) is 22.4. The zero-order valence-electron chi connectivity index (χ0n) is 17.1. The number of benzene rings is 1. The third kappa shape index (κ3) is 5.09. The van der Waals surface area contributed by atoms with Gasteiger partial charge in [0.1, 0.15) is 0 Å². The minimum atomic E-state index is -0.967. The summed E-state index contributed by atoms with van der Waals surface area (Å²) in [5.74, 6) is -2.23. The van der Waals surface area contributed by atoms with E-state index in [-0.39, 0.29) is 11.1 Å². The SMILES string of the molecule is COCCn1c(C)cc(C(=O)COC(=O)c2cc(C(=O)OC)cc([N+](=O)[O-])c2)c1C. The van der Waals surface area contributed by atoms with Crippen molar-refractivity contribution in [3.8, 4) is 0 Å². The third-order valence-corrected chi connectivity index (χ3v) is 4.51. The maximum absolute atomic E-state index is 12.5. The highest BCUT2D eigenvalue weighted by Gasteiger charge is 2.21. The van der Waals surface area contributed by atoms with Gasteiger partial charge in [0.2, 0.25) is 5.78 Å². The van der Waals surface area contributed by atoms with Crippen LogP contribution >= 0.6 is 0 Å². The molecule has 0 bridgehead atoms. The van der Waals surface area contributed by atoms with Crippen LogP contribution in [-0.4, -0.2) is 54.6 Å². The minimum Gasteiger partial charge on any atom is -0.465 e. The molecule has 1 aromatic heterocycles. The van der Waals surface area contributed by atoms with Gasteiger partial charge in [0, 0.05) is 42.7 Å². The van der Waals surface area contributed by atoms with Gasteiger partial charge in [-0.2, -0.15) is 0 Å². The van der Waals surface area contributed by atoms with Crippen molar-refractivity contribution < 1.29 is 33.5 Å². The van der Waals surface area contributed by atoms with Crippen molar-refractivity contribution in [2.24, 2.45) is 0 Å². The zero-order valence-corrected chi connectivity index (χ0v) is 17.1. The van der Waals surface area contributed by atoms with E-state index in [0.717, 1.165) is 31.0 Å². The van der Waals surface area contributed by atoms with Crippen molar-refractivity contribution in [3.63, 3.8) is 0 Å². The quantitative estimate of drug-likeness (QED) is 0.263. The first-order chi connectivity index (χ1) is 14.2. The predicted octanol–water partition coefficient (Wildman–Crippen LogP) is 2.49. The van der Waals surface area contributed by atoms with Gasteiger partial charge in [-0.25, -0.2) is 9.59 Å². The summed E-state index contributed by atoms with van der Waals surface area (Å²) in [6.45, 7) is 4.13. The van der Waals surface area contributed by atoms with Crippen molar-refractivity contribution in [1.29, 1.82) is 0 Å². The summed E-state index contributed by atoms with van der Waals surface area (Å²) in [4.78, 5) is 46.9. The van der Waals surface area contributed by atoms with E-state index < -0.39 is 34.9 Å². The Morgan fingerprint density at radius 2 is 1.67 bits per heavy atom. The predicted molar refractivity (Wildman–Crippen MR) is 105 cm³/mol. The van der Waals surface area contributed by atoms with E-state index >= 15 is 0 Å². The van der Waals surface area contributed by atoms with E-state index in [1.165, 1.54) is 0 Å². The van der Waals surface area contributed by atoms with Gasteiger partial charge in [-0.05, 0) is 26.0 Å². The third-order valence-electron chi connectivity index (χ3n) is 4.51. The first-order valence-corrected chi connectivity index (χ1v) is 8.93. The molecule has 0 N–H and O–H groups in total. The number of aromatic nitrogens is 1. The van der Waals surface area contributed by atoms with Gasteiger partial charge in [0.05, 0.1) is 29.8 Å². The van der Waals surface area contributed by atoms with Crippen LogP contribution in [0.25, 0.3) is 0 Å². The van der Waals surface area contributed by atoms with Crippen molar-refractivity contribution in [2.45, 2.75) is 20.4 Å². The first kappa shape index (κ1) is 22.8. The van der Waals surface area contributed by atoms with Gasteiger partial charge < -0.3 is 18.8 Å². The number of ketones is 1. The summed E-state index contributed by atoms with van der Waals surface area (Å²) in [6.07, 6.45) is 0. The molecule has 1 aromatic carbocycles. The number of nitro groups is 1. The van der Waals surface area contributed by atoms with Crippen molar-refractivity contribution in [2.75, 3.05) is 27.4 Å². The number of nitrogens with zero attached hydrogens (tertiary/aromatic N) is 2. The van der Waals surface area contributed by atoms with Gasteiger partial charge in [0.15, 0.2) is 6.61 Å². The smallest absolute Gasteiger partial charge is 0.338 e. The standard InChI is InChI=1S/C20H22N2O8/c1-12-7-17(13(2)21(12)5-6-28-3)18(23)11-30-20(25)15-8-14(19(24)29-4)9-16(10-15)22(26)27/h7-10H,5-6,11H2,1-4H3. The average molecular weight is 418 g/mol. The van der Waals surface area contributed by atoms with Crippen molar-refractivity contribution in [1.82, 2.24) is 4.57 Å². The molecule has 0 atom stereocenters. The van der Waals surface area contributed by atoms with E-state index in [1.54, 1.807) is 20.1 Å². The van der Waals surface area contributed by atoms with Crippen LogP contribution in [0.3, 0.4) is 0 Å². The van der Waals surface area contributed by atoms with Gasteiger partial charge in [-0.3, -0.25) is 14.9 Å². The van der Waals surface area contributed by atoms with Crippen LogP contribution < -0.4 is 0 Å². The van der Waals surface area contributed by atoms with E-state index in [0.29, 0.717) is 24.4 Å². The lowest BCUT2D eigenvalue weighted by Gasteiger charge is -2.09. The lowest BCUT2D eigenvalue weighted by Crippen LogP contribution is -2.16. The van der Waals surface area contributed by atoms with Crippen LogP contribution in [0.15, 0.2) is 24.3 Å². The second-order valence-corrected chi connectivity index (χ2v) is 6.45. The van der Waals surface area contributed by atoms with Crippen molar-refractivity contribution >= 4 is 23.4 Å². The Kier molecular flexibility index (Phi) is 7.43. The molecule has 0 saturated carbocycles. The Morgan fingerprint density at radius 1 is 1.03 bits per heavy atom. The maximum atomic E-state index is 12.5. The molecule has 0 aliphatic carbocycles. The molecular weight excluding hydrogens is 396 g/mol. The Hall–Kier alpha value is -3.53. The monoisotopic (exact) mass is 418 g/mol. The summed E-state index contributed by atoms with van der Waals surface area (Å²) in [6, 6.07) is 4.77. The Balaban J connectivity index is 2.17. The Morgan fingerprint density at radius 3 is 2.23 bits per heavy atom. The summed E-state index contributed by atoms with van der Waals surface area (Å²) in [7, 11) is 2.69. The molecule has 1 heterocycles. The number of non-ortho nitro benzene ring substituents is 1. The fourth-order valence-electron chi connectivity index (χ4n) is 2.97. The van der Waals surface area contributed by atoms with Crippen LogP contribution in [0, 0.1) is 24.0 Å². The number of Topliss-reactive ketones (excluding diaryl/α,β-unsaturated/α-hetero) is 1. The topological polar surface area (TPSA) is 127 Å². The van der Waals surface area contributed by atoms with E-state index in [1.807, 2.05) is 11.5 Å². The average Bonchev–Trinajstić information content (AvgIpc) is 3.02. The number of ether oxygens (including phenoxy) is 3. The minimum absolute atomic E-state index is 0.174. The Bertz CT molecular complexity index is 993. The lowest BCUT2D eigenvalue weighted by atomic mass is 10.1. The summed E-state index contributed by atoms with van der Waals surface area (Å²) < 4.78 is 16.5. The fourth-order valence-corrected chi connectivity index (χ4v) is 2.97. The number of methoxy groups -OCH3 is 2. The normalized spacial score (nSPS) is 10.5. The van der Waals surface area contributed by atoms with Crippen LogP contribution in [0.4, 0.5) is 5.69 Å². The molecule has 0 unspecified atom stereocenters. The van der Waals surface area contributed by atoms with Crippen LogP contribution in [-0.2, 0) is 20.8 Å². The molecule has 160 valence electrons. The molecule has 0 radical (unpaired) electrons. The molecular formula is C20H22N2O8. The highest BCUT2D eigenvalue weighted by atomic mass is 16.6. The molecule has 0 spiro atoms. The number of nitro benzene ring substituents is 1. The second kappa shape index (κ2) is 9.79. The van der Waals surface area contributed by atoms with Crippen LogP contribution in [0.1, 0.15) is 42.5 Å². The summed E-state index contributed by atoms with van der Waals surface area (Å²) in [5, 5.41) is 11.1. The molecule has 2 rings (SSSR count). The second-order valence-electron chi connectivity index (χ2n) is 6.45. The first-order valence-electron chi connectivity index (χ1n) is 8.93. The van der Waals surface area contributed by atoms with Gasteiger partial charge >= 0.3 is 11.9 Å². The molecule has 0 fully saturated rings. The Labute approximate surface area is 172 Å². The highest BCUT2D eigenvalue weighted by molar-refractivity contribution is 6.01. The largest absolute Gasteiger partial charge is 0.465 e. The van der Waals surface area contributed by atoms with E-state index in [9.17, 15) is 24.5 Å². The van der Waals surface area contributed by atoms with E-state index in [2.05, 4.69) is 4.74 Å². The summed E-state index contributed by atoms with van der Waals surface area (Å²) >= 11 is 0. The molecule has 10 heteroatoms. The number of rotatable bonds is 9. The number of aryl methyl sites for hydroxylation is 1. The number of esters is 2. The molecule has 2 aromatic rings. The highest BCUT2D eigenvalue weighted by Crippen LogP contribution is 2.20. The van der Waals surface area contributed by atoms with Crippen LogP contribution in [0.2, 0.25) is 0 Å². The fraction of sp³-hybridized carbons (Fsp3) is 0.350.